The molecule has 2 aliphatic heterocycles. The summed E-state index contributed by atoms with van der Waals surface area (Å²) >= 11 is 0. The van der Waals surface area contributed by atoms with Crippen molar-refractivity contribution in [2.75, 3.05) is 37.6 Å². The Morgan fingerprint density at radius 1 is 1.18 bits per heavy atom. The molecule has 34 heavy (non-hydrogen) atoms. The second-order valence-electron chi connectivity index (χ2n) is 8.62. The molecule has 1 N–H and O–H groups in total. The fourth-order valence-electron chi connectivity index (χ4n) is 4.14. The summed E-state index contributed by atoms with van der Waals surface area (Å²) in [5.74, 6) is 1.27. The van der Waals surface area contributed by atoms with E-state index in [-0.39, 0.29) is 30.6 Å². The average Bonchev–Trinajstić information content (AvgIpc) is 3.44. The van der Waals surface area contributed by atoms with Crippen LogP contribution in [-0.2, 0) is 9.53 Å². The lowest BCUT2D eigenvalue weighted by Crippen LogP contribution is -2.49. The summed E-state index contributed by atoms with van der Waals surface area (Å²) in [4.78, 5) is 36.9. The van der Waals surface area contributed by atoms with Crippen LogP contribution >= 0.6 is 0 Å². The maximum Gasteiger partial charge on any atom is 0.410 e. The van der Waals surface area contributed by atoms with Crippen LogP contribution in [-0.4, -0.2) is 81.4 Å². The number of carbonyl (C=O) groups excluding carboxylic acids is 2. The highest BCUT2D eigenvalue weighted by Crippen LogP contribution is 2.31. The van der Waals surface area contributed by atoms with E-state index in [9.17, 15) is 9.59 Å². The zero-order valence-corrected chi connectivity index (χ0v) is 19.2. The first-order chi connectivity index (χ1) is 16.5. The van der Waals surface area contributed by atoms with E-state index in [1.54, 1.807) is 21.8 Å². The number of pyridine rings is 1. The van der Waals surface area contributed by atoms with E-state index in [2.05, 4.69) is 20.3 Å². The lowest BCUT2D eigenvalue weighted by Gasteiger charge is -2.35. The molecule has 3 aromatic heterocycles. The molecule has 178 valence electrons. The number of anilines is 1. The Morgan fingerprint density at radius 2 is 2.00 bits per heavy atom. The van der Waals surface area contributed by atoms with Gasteiger partial charge in [-0.25, -0.2) is 19.3 Å². The quantitative estimate of drug-likeness (QED) is 0.606. The standard InChI is InChI=1S/C23H27N7O4/c1-15(2)33-22-17(4-3-6-24-22)18-14-26-30-7-5-19(27-21(18)30)28-8-10-29(11-9-28)23(32)34-16-12-20(31)25-13-16/h3-7,14-16H,8-13H2,1-2H3,(H,25,31)/t16-/m0/s1. The number of piperazine rings is 1. The fraction of sp³-hybridized carbons (Fsp3) is 0.435. The molecule has 1 atom stereocenters. The second kappa shape index (κ2) is 9.16. The van der Waals surface area contributed by atoms with Crippen molar-refractivity contribution >= 4 is 23.5 Å². The molecule has 0 bridgehead atoms. The molecule has 2 saturated heterocycles. The molecule has 0 spiro atoms. The van der Waals surface area contributed by atoms with Crippen LogP contribution in [0.1, 0.15) is 20.3 Å². The van der Waals surface area contributed by atoms with E-state index >= 15 is 0 Å². The summed E-state index contributed by atoms with van der Waals surface area (Å²) in [6, 6.07) is 5.74. The molecule has 11 heteroatoms. The first-order valence-electron chi connectivity index (χ1n) is 11.4. The number of carbonyl (C=O) groups is 2. The molecule has 5 heterocycles. The van der Waals surface area contributed by atoms with Gasteiger partial charge in [-0.1, -0.05) is 0 Å². The molecule has 3 aromatic rings. The monoisotopic (exact) mass is 465 g/mol. The largest absolute Gasteiger partial charge is 0.475 e. The van der Waals surface area contributed by atoms with E-state index in [0.717, 1.165) is 16.9 Å². The molecule has 2 aliphatic rings. The van der Waals surface area contributed by atoms with Crippen LogP contribution in [0, 0.1) is 0 Å². The normalized spacial score (nSPS) is 18.4. The van der Waals surface area contributed by atoms with Crippen LogP contribution < -0.4 is 15.0 Å². The Balaban J connectivity index is 1.30. The number of nitrogens with one attached hydrogen (secondary N) is 1. The van der Waals surface area contributed by atoms with E-state index in [0.29, 0.717) is 44.3 Å². The molecular weight excluding hydrogens is 438 g/mol. The van der Waals surface area contributed by atoms with E-state index in [1.165, 1.54) is 0 Å². The van der Waals surface area contributed by atoms with Crippen molar-refractivity contribution < 1.29 is 19.1 Å². The first-order valence-corrected chi connectivity index (χ1v) is 11.4. The lowest BCUT2D eigenvalue weighted by molar-refractivity contribution is -0.119. The van der Waals surface area contributed by atoms with E-state index < -0.39 is 0 Å². The van der Waals surface area contributed by atoms with Crippen LogP contribution in [0.15, 0.2) is 36.8 Å². The Morgan fingerprint density at radius 3 is 2.74 bits per heavy atom. The van der Waals surface area contributed by atoms with E-state index in [1.807, 2.05) is 38.2 Å². The number of rotatable bonds is 5. The number of hydrogen-bond acceptors (Lipinski definition) is 8. The number of ether oxygens (including phenoxy) is 2. The predicted octanol–water partition coefficient (Wildman–Crippen LogP) is 1.73. The second-order valence-corrected chi connectivity index (χ2v) is 8.62. The van der Waals surface area contributed by atoms with Gasteiger partial charge in [-0.15, -0.1) is 0 Å². The maximum atomic E-state index is 12.5. The highest BCUT2D eigenvalue weighted by Gasteiger charge is 2.29. The van der Waals surface area contributed by atoms with Crippen LogP contribution in [0.25, 0.3) is 16.8 Å². The van der Waals surface area contributed by atoms with Gasteiger partial charge in [0.15, 0.2) is 5.65 Å². The van der Waals surface area contributed by atoms with Crippen molar-refractivity contribution in [2.45, 2.75) is 32.5 Å². The first kappa shape index (κ1) is 21.9. The molecule has 2 amide bonds. The number of hydrogen-bond donors (Lipinski definition) is 1. The minimum Gasteiger partial charge on any atom is -0.475 e. The van der Waals surface area contributed by atoms with Crippen molar-refractivity contribution in [2.24, 2.45) is 0 Å². The van der Waals surface area contributed by atoms with Crippen molar-refractivity contribution in [3.63, 3.8) is 0 Å². The fourth-order valence-corrected chi connectivity index (χ4v) is 4.14. The average molecular weight is 466 g/mol. The predicted molar refractivity (Wildman–Crippen MR) is 124 cm³/mol. The molecule has 0 aliphatic carbocycles. The smallest absolute Gasteiger partial charge is 0.410 e. The topological polar surface area (TPSA) is 114 Å². The maximum absolute atomic E-state index is 12.5. The zero-order chi connectivity index (χ0) is 23.7. The van der Waals surface area contributed by atoms with Crippen LogP contribution in [0.4, 0.5) is 10.6 Å². The number of amides is 2. The summed E-state index contributed by atoms with van der Waals surface area (Å²) in [7, 11) is 0. The number of fused-ring (bicyclic) bond motifs is 1. The third-order valence-corrected chi connectivity index (χ3v) is 5.83. The van der Waals surface area contributed by atoms with Gasteiger partial charge in [-0.2, -0.15) is 5.10 Å². The minimum atomic E-state index is -0.389. The van der Waals surface area contributed by atoms with Crippen molar-refractivity contribution in [3.8, 4) is 17.0 Å². The summed E-state index contributed by atoms with van der Waals surface area (Å²) < 4.78 is 13.1. The number of nitrogens with zero attached hydrogens (tertiary/aromatic N) is 6. The summed E-state index contributed by atoms with van der Waals surface area (Å²) in [6.07, 6.45) is 4.81. The Hall–Kier alpha value is -3.89. The third kappa shape index (κ3) is 4.45. The van der Waals surface area contributed by atoms with Crippen molar-refractivity contribution in [1.82, 2.24) is 29.8 Å². The highest BCUT2D eigenvalue weighted by atomic mass is 16.6. The van der Waals surface area contributed by atoms with Gasteiger partial charge in [-0.3, -0.25) is 4.79 Å². The van der Waals surface area contributed by atoms with Gasteiger partial charge < -0.3 is 24.6 Å². The van der Waals surface area contributed by atoms with Gasteiger partial charge in [0, 0.05) is 44.1 Å². The Bertz CT molecular complexity index is 1200. The van der Waals surface area contributed by atoms with Crippen molar-refractivity contribution in [1.29, 1.82) is 0 Å². The minimum absolute atomic E-state index is 0.00702. The van der Waals surface area contributed by atoms with Gasteiger partial charge >= 0.3 is 6.09 Å². The van der Waals surface area contributed by atoms with Crippen molar-refractivity contribution in [3.05, 3.63) is 36.8 Å². The van der Waals surface area contributed by atoms with Crippen LogP contribution in [0.3, 0.4) is 0 Å². The third-order valence-electron chi connectivity index (χ3n) is 5.83. The summed E-state index contributed by atoms with van der Waals surface area (Å²) in [5, 5.41) is 7.12. The summed E-state index contributed by atoms with van der Waals surface area (Å²) in [5.41, 5.74) is 2.38. The molecule has 2 fully saturated rings. The van der Waals surface area contributed by atoms with Gasteiger partial charge in [0.05, 0.1) is 30.8 Å². The molecule has 5 rings (SSSR count). The van der Waals surface area contributed by atoms with Gasteiger partial charge in [-0.05, 0) is 32.0 Å². The van der Waals surface area contributed by atoms with Crippen LogP contribution in [0.2, 0.25) is 0 Å². The Kier molecular flexibility index (Phi) is 5.91. The SMILES string of the molecule is CC(C)Oc1ncccc1-c1cnn2ccc(N3CCN(C(=O)O[C@@H]4CNC(=O)C4)CC3)nc12. The summed E-state index contributed by atoms with van der Waals surface area (Å²) in [6.45, 7) is 6.58. The number of aromatic nitrogens is 4. The molecule has 11 nitrogen and oxygen atoms in total. The van der Waals surface area contributed by atoms with Gasteiger partial charge in [0.1, 0.15) is 11.9 Å². The zero-order valence-electron chi connectivity index (χ0n) is 19.2. The van der Waals surface area contributed by atoms with Gasteiger partial charge in [0.2, 0.25) is 11.8 Å². The van der Waals surface area contributed by atoms with E-state index in [4.69, 9.17) is 14.5 Å². The molecule has 0 aromatic carbocycles. The molecule has 0 saturated carbocycles. The lowest BCUT2D eigenvalue weighted by atomic mass is 10.1. The highest BCUT2D eigenvalue weighted by molar-refractivity contribution is 5.81. The van der Waals surface area contributed by atoms with Crippen LogP contribution in [0.5, 0.6) is 5.88 Å². The van der Waals surface area contributed by atoms with Gasteiger partial charge in [0.25, 0.3) is 0 Å². The molecular formula is C23H27N7O4. The molecule has 0 unspecified atom stereocenters. The Labute approximate surface area is 196 Å². The molecule has 0 radical (unpaired) electrons.